The number of fused-ring (bicyclic) bond motifs is 1. The van der Waals surface area contributed by atoms with Crippen LogP contribution in [0.25, 0.3) is 47.2 Å². The molecule has 39 nitrogen and oxygen atoms in total. The van der Waals surface area contributed by atoms with E-state index in [0.29, 0.717) is 101 Å². The molecule has 0 atom stereocenters. The first-order valence-electron chi connectivity index (χ1n) is 42.4. The van der Waals surface area contributed by atoms with Gasteiger partial charge in [-0.25, -0.2) is 28.8 Å². The van der Waals surface area contributed by atoms with Crippen molar-refractivity contribution in [3.05, 3.63) is 412 Å². The molecule has 13 aromatic rings. The van der Waals surface area contributed by atoms with Crippen LogP contribution >= 0.6 is 11.6 Å². The highest BCUT2D eigenvalue weighted by molar-refractivity contribution is 6.30. The van der Waals surface area contributed by atoms with Crippen molar-refractivity contribution in [1.29, 1.82) is 0 Å². The third kappa shape index (κ3) is 33.6. The van der Waals surface area contributed by atoms with E-state index < -0.39 is 65.4 Å². The smallest absolute Gasteiger partial charge is 0.339 e. The Balaban J connectivity index is 0.000000211. The number of nitrogens with zero attached hydrogens (tertiary/aromatic N) is 7. The van der Waals surface area contributed by atoms with Gasteiger partial charge in [-0.1, -0.05) is 78.3 Å². The lowest BCUT2D eigenvalue weighted by atomic mass is 10.0. The maximum Gasteiger partial charge on any atom is 0.339 e. The fraction of sp³-hybridized carbons (Fsp3) is 0.0962. The Morgan fingerprint density at radius 2 is 0.493 bits per heavy atom. The number of hydrogen-bond acceptors (Lipinski definition) is 33. The molecule has 0 amide bonds. The highest BCUT2D eigenvalue weighted by atomic mass is 35.5. The van der Waals surface area contributed by atoms with Crippen LogP contribution < -0.4 is 77.2 Å². The maximum atomic E-state index is 12.2. The largest absolute Gasteiger partial charge is 0.493 e. The first kappa shape index (κ1) is 110. The lowest BCUT2D eigenvalue weighted by Crippen LogP contribution is -2.10. The van der Waals surface area contributed by atoms with E-state index in [9.17, 15) is 89.5 Å². The topological polar surface area (TPSA) is 594 Å². The van der Waals surface area contributed by atoms with Gasteiger partial charge in [0.05, 0.1) is 43.8 Å². The average molecular weight is 1980 g/mol. The zero-order valence-corrected chi connectivity index (χ0v) is 79.4. The highest BCUT2D eigenvalue weighted by Crippen LogP contribution is 2.35. The zero-order chi connectivity index (χ0) is 106. The van der Waals surface area contributed by atoms with Crippen molar-refractivity contribution in [2.45, 2.75) is 41.5 Å². The van der Waals surface area contributed by atoms with Crippen molar-refractivity contribution in [3.63, 3.8) is 0 Å². The Morgan fingerprint density at radius 3 is 0.764 bits per heavy atom. The molecule has 13 rings (SSSR count). The predicted octanol–water partition coefficient (Wildman–Crippen LogP) is 21.0. The first-order chi connectivity index (χ1) is 68.4. The van der Waals surface area contributed by atoms with E-state index in [2.05, 4.69) is 0 Å². The van der Waals surface area contributed by atoms with Crippen molar-refractivity contribution in [1.82, 2.24) is 0 Å². The summed E-state index contributed by atoms with van der Waals surface area (Å²) >= 11 is 5.89. The second-order valence-corrected chi connectivity index (χ2v) is 31.1. The number of halogens is 1. The molecule has 0 heterocycles. The van der Waals surface area contributed by atoms with Gasteiger partial charge in [0, 0.05) is 177 Å². The number of nitrogens with two attached hydrogens (primary N) is 6. The van der Waals surface area contributed by atoms with Crippen LogP contribution in [0.3, 0.4) is 0 Å². The first-order valence-corrected chi connectivity index (χ1v) is 42.8. The van der Waals surface area contributed by atoms with Gasteiger partial charge < -0.3 is 77.2 Å². The summed E-state index contributed by atoms with van der Waals surface area (Å²) in [5, 5.41) is 66.1. The van der Waals surface area contributed by atoms with Crippen LogP contribution in [0.4, 0.5) is 73.9 Å². The number of rotatable bonds is 27. The van der Waals surface area contributed by atoms with Gasteiger partial charge in [-0.05, 0) is 250 Å². The lowest BCUT2D eigenvalue weighted by molar-refractivity contribution is -0.385. The quantitative estimate of drug-likeness (QED) is 0.00695. The second-order valence-electron chi connectivity index (χ2n) is 30.7. The number of nitro groups is 6. The van der Waals surface area contributed by atoms with Crippen LogP contribution in [0, 0.1) is 60.7 Å². The van der Waals surface area contributed by atoms with Crippen LogP contribution in [-0.2, 0) is 28.8 Å². The van der Waals surface area contributed by atoms with Crippen LogP contribution in [0.1, 0.15) is 74.9 Å². The number of carbonyl (C=O) groups excluding carboxylic acids is 6. The predicted molar refractivity (Wildman–Crippen MR) is 549 cm³/mol. The molecular weight excluding hydrogens is 1880 g/mol. The maximum absolute atomic E-state index is 12.2. The van der Waals surface area contributed by atoms with E-state index in [-0.39, 0.29) is 68.6 Å². The zero-order valence-electron chi connectivity index (χ0n) is 78.6. The molecule has 40 heteroatoms. The molecule has 0 spiro atoms. The average Bonchev–Trinajstić information content (AvgIpc) is 0.758. The summed E-state index contributed by atoms with van der Waals surface area (Å²) in [6.07, 6.45) is 9.68. The normalized spacial score (nSPS) is 11.1. The fourth-order valence-corrected chi connectivity index (χ4v) is 12.2. The van der Waals surface area contributed by atoms with Gasteiger partial charge in [0.15, 0.2) is 11.5 Å². The molecular formula is C104H94ClN13O26. The fourth-order valence-electron chi connectivity index (χ4n) is 12.1. The lowest BCUT2D eigenvalue weighted by Gasteiger charge is -2.14. The summed E-state index contributed by atoms with van der Waals surface area (Å²) in [7, 11) is 6.82. The summed E-state index contributed by atoms with van der Waals surface area (Å²) in [6.45, 7) is 9.62. The Labute approximate surface area is 827 Å². The van der Waals surface area contributed by atoms with Crippen LogP contribution in [-0.4, -0.2) is 93.7 Å². The van der Waals surface area contributed by atoms with Crippen LogP contribution in [0.15, 0.2) is 312 Å². The summed E-state index contributed by atoms with van der Waals surface area (Å²) in [5.74, 6) is -1.05. The van der Waals surface area contributed by atoms with Crippen LogP contribution in [0.5, 0.6) is 46.0 Å². The number of carbonyl (C=O) groups is 6. The van der Waals surface area contributed by atoms with Gasteiger partial charge in [-0.3, -0.25) is 60.7 Å². The Kier molecular flexibility index (Phi) is 40.0. The standard InChI is InChI=1S/C20H16N2O4.C18H19N3O4.C18H18N2O6.C16H13ClN2O4.2C16H14N2O4/c1-13(20(23)26-18-8-6-17(7-9-18)22(24)25)10-16-11-14-4-2-3-5-15(14)12-19(16)21;1-12(10-13-4-5-15(20(2)3)11-17(13)19)18(22)25-16-8-6-14(7-9-16)21(23)24;1-11(8-12-9-16(24-2)17(25-3)10-15(12)19)18(21)26-14-6-4-13(5-7-14)20(22)23;1-10(8-11-9-12(17)2-7-15(11)18)16(20)23-14-5-3-13(4-6-14)19(21)22;2*1-11(10-12-4-2-3-5-15(12)17)16(19)22-14-8-6-13(7-9-14)18(20)21/h2-12H,21H2,1H3;4-11H,19H2,1-3H3;4-10H,19H2,1-3H3;2-9H,18H2,1H3;2*2-10H,17H2,1H3/b13-10+;12-10+;11-8+;10-8+;2*11-10+. The van der Waals surface area contributed by atoms with Gasteiger partial charge in [0.25, 0.3) is 34.1 Å². The molecule has 0 aromatic heterocycles. The number of para-hydroxylation sites is 2. The Bertz CT molecular complexity index is 7030. The molecule has 0 bridgehead atoms. The summed E-state index contributed by atoms with van der Waals surface area (Å²) in [5.41, 5.74) is 45.3. The highest BCUT2D eigenvalue weighted by Gasteiger charge is 2.21. The molecule has 0 aliphatic heterocycles. The van der Waals surface area contributed by atoms with Crippen molar-refractivity contribution < 1.29 is 96.2 Å². The molecule has 0 radical (unpaired) electrons. The number of ether oxygens (including phenoxy) is 8. The SMILES string of the molecule is C/C(=C\c1cc(Cl)ccc1N)C(=O)Oc1ccc([N+](=O)[O-])cc1.C/C(=C\c1cc2ccccc2cc1N)C(=O)Oc1ccc([N+](=O)[O-])cc1.C/C(=C\c1ccc(N(C)C)cc1N)C(=O)Oc1ccc([N+](=O)[O-])cc1.C/C(=C\c1ccccc1N)C(=O)Oc1ccc([N+](=O)[O-])cc1.C/C(=C\c1ccccc1N)C(=O)Oc1ccc([N+](=O)[O-])cc1.COc1cc(N)c(/C=C(\C)C(=O)Oc2ccc([N+](=O)[O-])cc2)cc1OC. The molecule has 0 saturated heterocycles. The van der Waals surface area contributed by atoms with E-state index >= 15 is 0 Å². The number of non-ortho nitro benzene ring substituents is 6. The number of esters is 6. The molecule has 144 heavy (non-hydrogen) atoms. The van der Waals surface area contributed by atoms with E-state index in [1.165, 1.54) is 160 Å². The van der Waals surface area contributed by atoms with Gasteiger partial charge in [0.2, 0.25) is 0 Å². The minimum absolute atomic E-state index is 0.0656. The van der Waals surface area contributed by atoms with E-state index in [1.807, 2.05) is 85.7 Å². The van der Waals surface area contributed by atoms with Crippen molar-refractivity contribution >= 4 is 169 Å². The molecule has 0 fully saturated rings. The number of benzene rings is 13. The van der Waals surface area contributed by atoms with Crippen molar-refractivity contribution in [2.75, 3.05) is 67.6 Å². The molecule has 0 unspecified atom stereocenters. The van der Waals surface area contributed by atoms with E-state index in [4.69, 9.17) is 83.9 Å². The van der Waals surface area contributed by atoms with E-state index in [1.54, 1.807) is 145 Å². The molecule has 0 aliphatic rings. The second kappa shape index (κ2) is 52.5. The molecule has 12 N–H and O–H groups in total. The summed E-state index contributed by atoms with van der Waals surface area (Å²) in [6, 6.07) is 71.3. The number of methoxy groups -OCH3 is 2. The van der Waals surface area contributed by atoms with Gasteiger partial charge >= 0.3 is 35.8 Å². The van der Waals surface area contributed by atoms with Crippen LogP contribution in [0.2, 0.25) is 5.02 Å². The third-order valence-electron chi connectivity index (χ3n) is 19.9. The van der Waals surface area contributed by atoms with Gasteiger partial charge in [-0.2, -0.15) is 0 Å². The van der Waals surface area contributed by atoms with Crippen molar-refractivity contribution in [2.24, 2.45) is 0 Å². The minimum atomic E-state index is -0.604. The molecule has 13 aromatic carbocycles. The number of nitro benzene ring substituents is 6. The monoisotopic (exact) mass is 1980 g/mol. The minimum Gasteiger partial charge on any atom is -0.493 e. The Morgan fingerprint density at radius 1 is 0.264 bits per heavy atom. The number of nitrogen functional groups attached to an aromatic ring is 6. The summed E-state index contributed by atoms with van der Waals surface area (Å²) in [4.78, 5) is 135. The Hall–Kier alpha value is -19.7. The van der Waals surface area contributed by atoms with Crippen molar-refractivity contribution in [3.8, 4) is 46.0 Å². The van der Waals surface area contributed by atoms with E-state index in [0.717, 1.165) is 33.2 Å². The number of anilines is 7. The number of hydrogen-bond donors (Lipinski definition) is 6. The van der Waals surface area contributed by atoms with Gasteiger partial charge in [0.1, 0.15) is 34.5 Å². The summed E-state index contributed by atoms with van der Waals surface area (Å²) < 4.78 is 41.5. The van der Waals surface area contributed by atoms with Gasteiger partial charge in [-0.15, -0.1) is 0 Å². The molecule has 738 valence electrons. The third-order valence-corrected chi connectivity index (χ3v) is 20.1. The molecule has 0 saturated carbocycles. The molecule has 0 aliphatic carbocycles.